The van der Waals surface area contributed by atoms with E-state index in [-0.39, 0.29) is 11.4 Å². The van der Waals surface area contributed by atoms with Crippen LogP contribution in [0.3, 0.4) is 0 Å². The monoisotopic (exact) mass is 463 g/mol. The van der Waals surface area contributed by atoms with E-state index < -0.39 is 0 Å². The van der Waals surface area contributed by atoms with Crippen molar-refractivity contribution in [3.05, 3.63) is 64.7 Å². The van der Waals surface area contributed by atoms with Crippen molar-refractivity contribution in [3.8, 4) is 5.75 Å². The van der Waals surface area contributed by atoms with Crippen LogP contribution in [0.5, 0.6) is 5.75 Å². The zero-order chi connectivity index (χ0) is 24.9. The fourth-order valence-corrected chi connectivity index (χ4v) is 4.62. The molecule has 0 saturated heterocycles. The third-order valence-electron chi connectivity index (χ3n) is 6.70. The highest BCUT2D eigenvalue weighted by atomic mass is 16.7. The van der Waals surface area contributed by atoms with Crippen LogP contribution in [0, 0.1) is 5.92 Å². The van der Waals surface area contributed by atoms with E-state index in [1.54, 1.807) is 5.06 Å². The van der Waals surface area contributed by atoms with Crippen LogP contribution >= 0.6 is 0 Å². The van der Waals surface area contributed by atoms with Crippen molar-refractivity contribution in [2.24, 2.45) is 5.92 Å². The molecule has 4 nitrogen and oxygen atoms in total. The highest BCUT2D eigenvalue weighted by Gasteiger charge is 2.33. The topological polar surface area (TPSA) is 38.8 Å². The van der Waals surface area contributed by atoms with Gasteiger partial charge in [0.1, 0.15) is 5.75 Å². The minimum absolute atomic E-state index is 0.0369. The number of hydrogen-bond donors (Lipinski definition) is 0. The number of ether oxygens (including phenoxy) is 1. The number of fused-ring (bicyclic) bond motifs is 1. The van der Waals surface area contributed by atoms with Gasteiger partial charge in [-0.05, 0) is 66.4 Å². The number of rotatable bonds is 10. The van der Waals surface area contributed by atoms with E-state index >= 15 is 0 Å². The van der Waals surface area contributed by atoms with Crippen molar-refractivity contribution < 1.29 is 14.4 Å². The third kappa shape index (κ3) is 5.48. The lowest BCUT2D eigenvalue weighted by Gasteiger charge is -2.37. The number of carbonyl (C=O) groups excluding carboxylic acids is 1. The molecular formula is C30H41NO3. The van der Waals surface area contributed by atoms with Crippen LogP contribution in [0.1, 0.15) is 94.8 Å². The second-order valence-electron chi connectivity index (χ2n) is 10.1. The van der Waals surface area contributed by atoms with Gasteiger partial charge in [0.05, 0.1) is 24.4 Å². The molecule has 34 heavy (non-hydrogen) atoms. The Hall–Kier alpha value is -2.75. The van der Waals surface area contributed by atoms with Crippen molar-refractivity contribution in [2.45, 2.75) is 79.6 Å². The van der Waals surface area contributed by atoms with Gasteiger partial charge in [-0.2, -0.15) is 0 Å². The molecule has 0 N–H and O–H groups in total. The van der Waals surface area contributed by atoms with Gasteiger partial charge in [-0.15, -0.1) is 0 Å². The first-order valence-electron chi connectivity index (χ1n) is 12.8. The number of hydrogen-bond acceptors (Lipinski definition) is 4. The molecule has 0 unspecified atom stereocenters. The van der Waals surface area contributed by atoms with E-state index in [0.29, 0.717) is 24.6 Å². The van der Waals surface area contributed by atoms with E-state index in [2.05, 4.69) is 59.8 Å². The van der Waals surface area contributed by atoms with Gasteiger partial charge in [-0.3, -0.25) is 0 Å². The Labute approximate surface area is 205 Å². The first-order chi connectivity index (χ1) is 16.2. The van der Waals surface area contributed by atoms with E-state index in [1.165, 1.54) is 16.7 Å². The van der Waals surface area contributed by atoms with Crippen molar-refractivity contribution in [2.75, 3.05) is 18.2 Å². The zero-order valence-electron chi connectivity index (χ0n) is 22.0. The molecule has 0 bridgehead atoms. The van der Waals surface area contributed by atoms with E-state index in [1.807, 2.05) is 31.2 Å². The number of hydroxylamine groups is 1. The molecule has 1 aliphatic rings. The maximum Gasteiger partial charge on any atom is 0.363 e. The summed E-state index contributed by atoms with van der Waals surface area (Å²) in [6.45, 7) is 16.5. The third-order valence-corrected chi connectivity index (χ3v) is 6.70. The summed E-state index contributed by atoms with van der Waals surface area (Å²) >= 11 is 0. The van der Waals surface area contributed by atoms with Crippen LogP contribution < -0.4 is 9.80 Å². The maximum atomic E-state index is 13.3. The average Bonchev–Trinajstić information content (AvgIpc) is 2.82. The smallest absolute Gasteiger partial charge is 0.363 e. The molecule has 3 rings (SSSR count). The van der Waals surface area contributed by atoms with Gasteiger partial charge in [0.25, 0.3) is 0 Å². The number of carbonyl (C=O) groups is 1. The van der Waals surface area contributed by atoms with Crippen molar-refractivity contribution in [3.63, 3.8) is 0 Å². The molecule has 0 fully saturated rings. The lowest BCUT2D eigenvalue weighted by Crippen LogP contribution is -2.31. The van der Waals surface area contributed by atoms with Gasteiger partial charge in [0.15, 0.2) is 0 Å². The van der Waals surface area contributed by atoms with Crippen molar-refractivity contribution in [1.82, 2.24) is 0 Å². The normalized spacial score (nSPS) is 14.4. The van der Waals surface area contributed by atoms with Crippen LogP contribution in [0.25, 0.3) is 5.57 Å². The Kier molecular flexibility index (Phi) is 8.46. The maximum absolute atomic E-state index is 13.3. The van der Waals surface area contributed by atoms with Gasteiger partial charge in [0, 0.05) is 11.6 Å². The molecule has 2 aromatic carbocycles. The summed E-state index contributed by atoms with van der Waals surface area (Å²) in [4.78, 5) is 19.3. The summed E-state index contributed by atoms with van der Waals surface area (Å²) in [5.41, 5.74) is 6.21. The molecule has 0 radical (unpaired) electrons. The summed E-state index contributed by atoms with van der Waals surface area (Å²) in [7, 11) is 0. The lowest BCUT2D eigenvalue weighted by atomic mass is 9.71. The molecular weight excluding hydrogens is 422 g/mol. The van der Waals surface area contributed by atoms with Gasteiger partial charge >= 0.3 is 5.97 Å². The summed E-state index contributed by atoms with van der Waals surface area (Å²) in [6, 6.07) is 11.9. The van der Waals surface area contributed by atoms with Gasteiger partial charge < -0.3 is 9.57 Å². The van der Waals surface area contributed by atoms with E-state index in [9.17, 15) is 4.79 Å². The molecule has 0 aromatic heterocycles. The molecule has 1 aliphatic carbocycles. The number of anilines is 1. The second-order valence-corrected chi connectivity index (χ2v) is 10.1. The standard InChI is InChI=1S/C30H41NO3/c1-8-11-18-33-23-19-26-28(24(21(4)5)16-17-30(26,6)7)27(20-23)31(10-3)34-29(32)25-15-13-12-14-22(25)9-2/h12-16,19-21H,8-11,17-18H2,1-7H3. The van der Waals surface area contributed by atoms with Crippen LogP contribution in [-0.4, -0.2) is 19.1 Å². The number of nitrogens with zero attached hydrogens (tertiary/aromatic N) is 1. The zero-order valence-corrected chi connectivity index (χ0v) is 22.0. The molecule has 2 aromatic rings. The largest absolute Gasteiger partial charge is 0.494 e. The number of allylic oxidation sites excluding steroid dienone is 2. The lowest BCUT2D eigenvalue weighted by molar-refractivity contribution is 0.0454. The summed E-state index contributed by atoms with van der Waals surface area (Å²) in [6.07, 6.45) is 6.20. The highest BCUT2D eigenvalue weighted by molar-refractivity contribution is 5.92. The molecule has 0 atom stereocenters. The fourth-order valence-electron chi connectivity index (χ4n) is 4.62. The molecule has 184 valence electrons. The first-order valence-corrected chi connectivity index (χ1v) is 12.8. The molecule has 4 heteroatoms. The van der Waals surface area contributed by atoms with Gasteiger partial charge in [-0.25, -0.2) is 9.86 Å². The van der Waals surface area contributed by atoms with Crippen LogP contribution in [-0.2, 0) is 16.7 Å². The minimum atomic E-state index is -0.324. The van der Waals surface area contributed by atoms with Gasteiger partial charge in [-0.1, -0.05) is 72.2 Å². The molecule has 0 aliphatic heterocycles. The second kappa shape index (κ2) is 11.1. The van der Waals surface area contributed by atoms with Gasteiger partial charge in [0.2, 0.25) is 0 Å². The predicted molar refractivity (Wildman–Crippen MR) is 142 cm³/mol. The summed E-state index contributed by atoms with van der Waals surface area (Å²) in [5, 5.41) is 1.75. The molecule has 0 spiro atoms. The predicted octanol–water partition coefficient (Wildman–Crippen LogP) is 7.75. The fraction of sp³-hybridized carbons (Fsp3) is 0.500. The van der Waals surface area contributed by atoms with E-state index in [0.717, 1.165) is 42.7 Å². The first kappa shape index (κ1) is 25.9. The van der Waals surface area contributed by atoms with Crippen LogP contribution in [0.15, 0.2) is 42.5 Å². The Balaban J connectivity index is 2.10. The Morgan fingerprint density at radius 3 is 2.50 bits per heavy atom. The number of unbranched alkanes of at least 4 members (excludes halogenated alkanes) is 1. The number of benzene rings is 2. The SMILES string of the molecule is CCCCOc1cc(N(CC)OC(=O)c2ccccc2CC)c2c(c1)C(C)(C)CC=C2C(C)C. The number of aryl methyl sites for hydroxylation is 1. The quantitative estimate of drug-likeness (QED) is 0.267. The van der Waals surface area contributed by atoms with Crippen molar-refractivity contribution >= 4 is 17.2 Å². The Morgan fingerprint density at radius 2 is 1.85 bits per heavy atom. The average molecular weight is 464 g/mol. The summed E-state index contributed by atoms with van der Waals surface area (Å²) < 4.78 is 6.18. The van der Waals surface area contributed by atoms with Crippen molar-refractivity contribution in [1.29, 1.82) is 0 Å². The van der Waals surface area contributed by atoms with E-state index in [4.69, 9.17) is 9.57 Å². The van der Waals surface area contributed by atoms with Crippen LogP contribution in [0.2, 0.25) is 0 Å². The van der Waals surface area contributed by atoms with Crippen LogP contribution in [0.4, 0.5) is 5.69 Å². The molecule has 0 amide bonds. The molecule has 0 saturated carbocycles. The minimum Gasteiger partial charge on any atom is -0.494 e. The summed E-state index contributed by atoms with van der Waals surface area (Å²) in [5.74, 6) is 0.870. The Morgan fingerprint density at radius 1 is 1.12 bits per heavy atom. The molecule has 0 heterocycles. The highest BCUT2D eigenvalue weighted by Crippen LogP contribution is 2.47. The Bertz CT molecular complexity index is 1040.